The van der Waals surface area contributed by atoms with E-state index in [1.807, 2.05) is 42.6 Å². The second-order valence-corrected chi connectivity index (χ2v) is 5.02. The van der Waals surface area contributed by atoms with E-state index in [0.29, 0.717) is 0 Å². The molecule has 3 rings (SSSR count). The summed E-state index contributed by atoms with van der Waals surface area (Å²) in [6.07, 6.45) is 3.76. The van der Waals surface area contributed by atoms with Gasteiger partial charge in [-0.3, -0.25) is 4.40 Å². The topological polar surface area (TPSA) is 37.5 Å². The Labute approximate surface area is 109 Å². The van der Waals surface area contributed by atoms with Crippen molar-refractivity contribution in [3.8, 4) is 0 Å². The molecule has 0 radical (unpaired) electrons. The lowest BCUT2D eigenvalue weighted by atomic mass is 10.2. The fraction of sp³-hybridized carbons (Fsp3) is 0.0714. The molecule has 0 aliphatic heterocycles. The minimum Gasteiger partial charge on any atom is -0.392 e. The van der Waals surface area contributed by atoms with E-state index in [-0.39, 0.29) is 6.61 Å². The van der Waals surface area contributed by atoms with Crippen LogP contribution in [0.2, 0.25) is 0 Å². The SMILES string of the molecule is OCc1ccc(Sc2cccc3nccn23)cc1. The van der Waals surface area contributed by atoms with E-state index >= 15 is 0 Å². The van der Waals surface area contributed by atoms with Crippen LogP contribution in [0.25, 0.3) is 5.65 Å². The van der Waals surface area contributed by atoms with Crippen LogP contribution in [0.5, 0.6) is 0 Å². The standard InChI is InChI=1S/C14H12N2OS/c17-10-11-4-6-12(7-5-11)18-14-3-1-2-13-15-8-9-16(13)14/h1-9,17H,10H2. The lowest BCUT2D eigenvalue weighted by Crippen LogP contribution is -1.88. The van der Waals surface area contributed by atoms with Gasteiger partial charge < -0.3 is 5.11 Å². The zero-order valence-corrected chi connectivity index (χ0v) is 10.5. The summed E-state index contributed by atoms with van der Waals surface area (Å²) in [5.41, 5.74) is 1.88. The first-order valence-corrected chi connectivity index (χ1v) is 6.48. The molecule has 1 aromatic carbocycles. The lowest BCUT2D eigenvalue weighted by Gasteiger charge is -2.05. The quantitative estimate of drug-likeness (QED) is 0.783. The van der Waals surface area contributed by atoms with Crippen molar-refractivity contribution >= 4 is 17.4 Å². The van der Waals surface area contributed by atoms with Crippen LogP contribution in [0, 0.1) is 0 Å². The molecule has 3 aromatic rings. The molecule has 18 heavy (non-hydrogen) atoms. The Morgan fingerprint density at radius 1 is 1.11 bits per heavy atom. The summed E-state index contributed by atoms with van der Waals surface area (Å²) in [6, 6.07) is 14.0. The van der Waals surface area contributed by atoms with Gasteiger partial charge in [0.25, 0.3) is 0 Å². The Morgan fingerprint density at radius 2 is 1.94 bits per heavy atom. The molecule has 3 nitrogen and oxygen atoms in total. The van der Waals surface area contributed by atoms with Gasteiger partial charge in [0.1, 0.15) is 5.65 Å². The number of aromatic nitrogens is 2. The minimum atomic E-state index is 0.0854. The van der Waals surface area contributed by atoms with E-state index in [0.717, 1.165) is 21.1 Å². The third kappa shape index (κ3) is 2.12. The molecule has 0 atom stereocenters. The van der Waals surface area contributed by atoms with Crippen molar-refractivity contribution in [2.45, 2.75) is 16.5 Å². The third-order valence-electron chi connectivity index (χ3n) is 2.72. The molecule has 0 bridgehead atoms. The van der Waals surface area contributed by atoms with E-state index in [1.165, 1.54) is 0 Å². The summed E-state index contributed by atoms with van der Waals surface area (Å²) in [5.74, 6) is 0. The van der Waals surface area contributed by atoms with E-state index in [4.69, 9.17) is 5.11 Å². The van der Waals surface area contributed by atoms with Gasteiger partial charge in [-0.05, 0) is 29.8 Å². The number of rotatable bonds is 3. The van der Waals surface area contributed by atoms with Gasteiger partial charge in [-0.1, -0.05) is 30.0 Å². The fourth-order valence-corrected chi connectivity index (χ4v) is 2.70. The summed E-state index contributed by atoms with van der Waals surface area (Å²) >= 11 is 1.68. The zero-order valence-electron chi connectivity index (χ0n) is 9.65. The van der Waals surface area contributed by atoms with Crippen LogP contribution >= 0.6 is 11.8 Å². The number of hydrogen-bond donors (Lipinski definition) is 1. The fourth-order valence-electron chi connectivity index (χ4n) is 1.79. The Kier molecular flexibility index (Phi) is 3.04. The molecule has 0 saturated carbocycles. The number of imidazole rings is 1. The smallest absolute Gasteiger partial charge is 0.137 e. The van der Waals surface area contributed by atoms with Crippen LogP contribution < -0.4 is 0 Å². The first-order chi connectivity index (χ1) is 8.86. The molecular formula is C14H12N2OS. The largest absolute Gasteiger partial charge is 0.392 e. The summed E-state index contributed by atoms with van der Waals surface area (Å²) in [4.78, 5) is 5.41. The van der Waals surface area contributed by atoms with Crippen molar-refractivity contribution in [2.24, 2.45) is 0 Å². The monoisotopic (exact) mass is 256 g/mol. The van der Waals surface area contributed by atoms with Crippen molar-refractivity contribution in [3.63, 3.8) is 0 Å². The van der Waals surface area contributed by atoms with Crippen LogP contribution in [-0.2, 0) is 6.61 Å². The molecular weight excluding hydrogens is 244 g/mol. The Bertz CT molecular complexity index is 661. The van der Waals surface area contributed by atoms with E-state index < -0.39 is 0 Å². The van der Waals surface area contributed by atoms with Gasteiger partial charge in [0.05, 0.1) is 11.6 Å². The molecule has 0 unspecified atom stereocenters. The molecule has 1 N–H and O–H groups in total. The van der Waals surface area contributed by atoms with Crippen molar-refractivity contribution in [2.75, 3.05) is 0 Å². The maximum atomic E-state index is 9.01. The first-order valence-electron chi connectivity index (χ1n) is 5.66. The predicted molar refractivity (Wildman–Crippen MR) is 71.7 cm³/mol. The highest BCUT2D eigenvalue weighted by Gasteiger charge is 2.02. The van der Waals surface area contributed by atoms with Crippen LogP contribution in [0.15, 0.2) is 64.8 Å². The predicted octanol–water partition coefficient (Wildman–Crippen LogP) is 2.98. The van der Waals surface area contributed by atoms with E-state index in [1.54, 1.807) is 18.0 Å². The number of aliphatic hydroxyl groups excluding tert-OH is 1. The minimum absolute atomic E-state index is 0.0854. The Balaban J connectivity index is 1.93. The highest BCUT2D eigenvalue weighted by molar-refractivity contribution is 7.99. The number of benzene rings is 1. The zero-order chi connectivity index (χ0) is 12.4. The number of hydrogen-bond acceptors (Lipinski definition) is 3. The molecule has 2 heterocycles. The van der Waals surface area contributed by atoms with Gasteiger partial charge in [0.2, 0.25) is 0 Å². The number of fused-ring (bicyclic) bond motifs is 1. The first kappa shape index (κ1) is 11.3. The van der Waals surface area contributed by atoms with Crippen molar-refractivity contribution in [1.82, 2.24) is 9.38 Å². The lowest BCUT2D eigenvalue weighted by molar-refractivity contribution is 0.282. The van der Waals surface area contributed by atoms with Gasteiger partial charge in [-0.15, -0.1) is 0 Å². The maximum Gasteiger partial charge on any atom is 0.137 e. The normalized spacial score (nSPS) is 10.9. The van der Waals surface area contributed by atoms with Gasteiger partial charge in [-0.2, -0.15) is 0 Å². The van der Waals surface area contributed by atoms with Gasteiger partial charge >= 0.3 is 0 Å². The molecule has 0 fully saturated rings. The van der Waals surface area contributed by atoms with Crippen molar-refractivity contribution in [3.05, 3.63) is 60.4 Å². The van der Waals surface area contributed by atoms with Crippen molar-refractivity contribution < 1.29 is 5.11 Å². The van der Waals surface area contributed by atoms with E-state index in [2.05, 4.69) is 15.5 Å². The summed E-state index contributed by atoms with van der Waals surface area (Å²) < 4.78 is 2.06. The summed E-state index contributed by atoms with van der Waals surface area (Å²) in [6.45, 7) is 0.0854. The molecule has 0 spiro atoms. The van der Waals surface area contributed by atoms with Crippen molar-refractivity contribution in [1.29, 1.82) is 0 Å². The van der Waals surface area contributed by atoms with Crippen LogP contribution in [0.3, 0.4) is 0 Å². The van der Waals surface area contributed by atoms with Crippen LogP contribution in [-0.4, -0.2) is 14.5 Å². The molecule has 0 aliphatic rings. The second kappa shape index (κ2) is 4.84. The average molecular weight is 256 g/mol. The van der Waals surface area contributed by atoms with Gasteiger partial charge in [0.15, 0.2) is 0 Å². The summed E-state index contributed by atoms with van der Waals surface area (Å²) in [7, 11) is 0. The van der Waals surface area contributed by atoms with Gasteiger partial charge in [0, 0.05) is 17.3 Å². The van der Waals surface area contributed by atoms with Crippen LogP contribution in [0.1, 0.15) is 5.56 Å². The third-order valence-corrected chi connectivity index (χ3v) is 3.77. The molecule has 0 amide bonds. The number of nitrogens with zero attached hydrogens (tertiary/aromatic N) is 2. The van der Waals surface area contributed by atoms with Gasteiger partial charge in [-0.25, -0.2) is 4.98 Å². The molecule has 2 aromatic heterocycles. The Hall–Kier alpha value is -1.78. The molecule has 0 saturated heterocycles. The Morgan fingerprint density at radius 3 is 2.72 bits per heavy atom. The average Bonchev–Trinajstić information content (AvgIpc) is 2.89. The maximum absolute atomic E-state index is 9.01. The second-order valence-electron chi connectivity index (χ2n) is 3.92. The summed E-state index contributed by atoms with van der Waals surface area (Å²) in [5, 5.41) is 10.1. The molecule has 90 valence electrons. The molecule has 0 aliphatic carbocycles. The number of aliphatic hydroxyl groups is 1. The van der Waals surface area contributed by atoms with E-state index in [9.17, 15) is 0 Å². The highest BCUT2D eigenvalue weighted by atomic mass is 32.2. The highest BCUT2D eigenvalue weighted by Crippen LogP contribution is 2.28. The van der Waals surface area contributed by atoms with Crippen LogP contribution in [0.4, 0.5) is 0 Å². The number of pyridine rings is 1. The molecule has 4 heteroatoms.